The van der Waals surface area contributed by atoms with Crippen LogP contribution < -0.4 is 0 Å². The zero-order valence-electron chi connectivity index (χ0n) is 11.7. The van der Waals surface area contributed by atoms with Crippen molar-refractivity contribution in [2.75, 3.05) is 13.7 Å². The maximum absolute atomic E-state index is 10.8. The number of hydrogen-bond acceptors (Lipinski definition) is 5. The molecule has 0 aliphatic rings. The number of methoxy groups -OCH3 is 1. The quantitative estimate of drug-likeness (QED) is 0.255. The van der Waals surface area contributed by atoms with Crippen LogP contribution in [0, 0.1) is 10.1 Å². The monoisotopic (exact) mass is 275 g/mol. The van der Waals surface area contributed by atoms with Crippen LogP contribution >= 0.6 is 0 Å². The molecule has 0 spiro atoms. The minimum atomic E-state index is -0.810. The highest BCUT2D eigenvalue weighted by molar-refractivity contribution is 5.68. The van der Waals surface area contributed by atoms with Gasteiger partial charge in [0.25, 0.3) is 0 Å². The third-order valence-corrected chi connectivity index (χ3v) is 3.01. The molecule has 0 rings (SSSR count). The summed E-state index contributed by atoms with van der Waals surface area (Å²) in [5.41, 5.74) is 0. The van der Waals surface area contributed by atoms with E-state index in [2.05, 4.69) is 4.74 Å². The Morgan fingerprint density at radius 2 is 1.68 bits per heavy atom. The molecule has 1 N–H and O–H groups in total. The molecule has 0 saturated carbocycles. The lowest BCUT2D eigenvalue weighted by molar-refractivity contribution is -0.490. The number of aliphatic hydroxyl groups excluding tert-OH is 1. The fourth-order valence-electron chi connectivity index (χ4n) is 1.90. The van der Waals surface area contributed by atoms with Crippen LogP contribution in [0.25, 0.3) is 0 Å². The lowest BCUT2D eigenvalue weighted by Gasteiger charge is -2.05. The number of hydrogen-bond donors (Lipinski definition) is 1. The first-order valence-corrected chi connectivity index (χ1v) is 6.93. The summed E-state index contributed by atoms with van der Waals surface area (Å²) in [7, 11) is 1.40. The number of rotatable bonds is 12. The maximum atomic E-state index is 10.8. The van der Waals surface area contributed by atoms with Crippen molar-refractivity contribution in [3.8, 4) is 0 Å². The number of aliphatic hydroxyl groups is 1. The second kappa shape index (κ2) is 11.9. The van der Waals surface area contributed by atoms with Crippen molar-refractivity contribution in [2.45, 2.75) is 63.9 Å². The molecule has 0 amide bonds. The van der Waals surface area contributed by atoms with E-state index in [1.54, 1.807) is 0 Å². The maximum Gasteiger partial charge on any atom is 0.305 e. The van der Waals surface area contributed by atoms with E-state index >= 15 is 0 Å². The van der Waals surface area contributed by atoms with E-state index < -0.39 is 11.0 Å². The highest BCUT2D eigenvalue weighted by Crippen LogP contribution is 2.11. The smallest absolute Gasteiger partial charge is 0.305 e. The average molecular weight is 275 g/mol. The molecule has 0 aliphatic heterocycles. The first kappa shape index (κ1) is 17.8. The van der Waals surface area contributed by atoms with Gasteiger partial charge in [0.05, 0.1) is 7.11 Å². The molecule has 19 heavy (non-hydrogen) atoms. The summed E-state index contributed by atoms with van der Waals surface area (Å²) in [5, 5.41) is 19.4. The molecule has 0 aromatic carbocycles. The van der Waals surface area contributed by atoms with Crippen LogP contribution in [0.2, 0.25) is 0 Å². The van der Waals surface area contributed by atoms with E-state index in [-0.39, 0.29) is 12.5 Å². The third kappa shape index (κ3) is 13.1. The Morgan fingerprint density at radius 3 is 2.21 bits per heavy atom. The number of nitro groups is 1. The Labute approximate surface area is 114 Å². The predicted molar refractivity (Wildman–Crippen MR) is 71.4 cm³/mol. The summed E-state index contributed by atoms with van der Waals surface area (Å²) >= 11 is 0. The average Bonchev–Trinajstić information content (AvgIpc) is 2.35. The number of unbranched alkanes of at least 4 members (excludes halogenated alkanes) is 6. The van der Waals surface area contributed by atoms with Crippen LogP contribution in [0.1, 0.15) is 57.8 Å². The van der Waals surface area contributed by atoms with Crippen molar-refractivity contribution in [2.24, 2.45) is 0 Å². The fraction of sp³-hybridized carbons (Fsp3) is 0.923. The first-order valence-electron chi connectivity index (χ1n) is 6.93. The van der Waals surface area contributed by atoms with Gasteiger partial charge in [0.2, 0.25) is 6.54 Å². The molecule has 6 heteroatoms. The van der Waals surface area contributed by atoms with Crippen molar-refractivity contribution in [3.05, 3.63) is 10.1 Å². The Bertz CT molecular complexity index is 257. The van der Waals surface area contributed by atoms with Crippen molar-refractivity contribution in [1.29, 1.82) is 0 Å². The summed E-state index contributed by atoms with van der Waals surface area (Å²) in [6, 6.07) is 0. The topological polar surface area (TPSA) is 89.7 Å². The van der Waals surface area contributed by atoms with Crippen LogP contribution in [0.4, 0.5) is 0 Å². The van der Waals surface area contributed by atoms with E-state index in [1.807, 2.05) is 0 Å². The van der Waals surface area contributed by atoms with E-state index in [4.69, 9.17) is 0 Å². The fourth-order valence-corrected chi connectivity index (χ4v) is 1.90. The number of esters is 1. The first-order chi connectivity index (χ1) is 9.06. The molecular weight excluding hydrogens is 250 g/mol. The second-order valence-electron chi connectivity index (χ2n) is 4.76. The Morgan fingerprint density at radius 1 is 1.16 bits per heavy atom. The van der Waals surface area contributed by atoms with Crippen molar-refractivity contribution in [1.82, 2.24) is 0 Å². The molecule has 0 aromatic rings. The van der Waals surface area contributed by atoms with Crippen molar-refractivity contribution < 1.29 is 19.6 Å². The molecular formula is C13H25NO5. The van der Waals surface area contributed by atoms with E-state index in [1.165, 1.54) is 7.11 Å². The molecule has 0 saturated heterocycles. The highest BCUT2D eigenvalue weighted by Gasteiger charge is 2.10. The van der Waals surface area contributed by atoms with Crippen LogP contribution in [0.3, 0.4) is 0 Å². The minimum Gasteiger partial charge on any atom is -0.469 e. The summed E-state index contributed by atoms with van der Waals surface area (Å²) < 4.78 is 4.55. The van der Waals surface area contributed by atoms with Crippen LogP contribution in [-0.4, -0.2) is 35.8 Å². The van der Waals surface area contributed by atoms with Gasteiger partial charge in [0.1, 0.15) is 6.10 Å². The SMILES string of the molecule is COC(=O)CCCCCCCCCC(O)C[N+](=O)[O-]. The second-order valence-corrected chi connectivity index (χ2v) is 4.76. The van der Waals surface area contributed by atoms with Crippen LogP contribution in [-0.2, 0) is 9.53 Å². The van der Waals surface area contributed by atoms with Gasteiger partial charge in [-0.2, -0.15) is 0 Å². The third-order valence-electron chi connectivity index (χ3n) is 3.01. The van der Waals surface area contributed by atoms with Gasteiger partial charge in [-0.1, -0.05) is 38.5 Å². The van der Waals surface area contributed by atoms with Gasteiger partial charge in [-0.25, -0.2) is 0 Å². The molecule has 6 nitrogen and oxygen atoms in total. The standard InChI is InChI=1S/C13H25NO5/c1-19-13(16)10-8-6-4-2-3-5-7-9-12(15)11-14(17)18/h12,15H,2-11H2,1H3. The molecule has 0 aromatic heterocycles. The van der Waals surface area contributed by atoms with Gasteiger partial charge in [-0.15, -0.1) is 0 Å². The van der Waals surface area contributed by atoms with Gasteiger partial charge in [0.15, 0.2) is 0 Å². The van der Waals surface area contributed by atoms with E-state index in [0.29, 0.717) is 12.8 Å². The Hall–Kier alpha value is -1.17. The van der Waals surface area contributed by atoms with E-state index in [0.717, 1.165) is 44.9 Å². The van der Waals surface area contributed by atoms with Gasteiger partial charge in [0, 0.05) is 11.3 Å². The Balaban J connectivity index is 3.19. The lowest BCUT2D eigenvalue weighted by atomic mass is 10.1. The van der Waals surface area contributed by atoms with E-state index in [9.17, 15) is 20.0 Å². The molecule has 0 aliphatic carbocycles. The molecule has 0 radical (unpaired) electrons. The van der Waals surface area contributed by atoms with Crippen molar-refractivity contribution in [3.63, 3.8) is 0 Å². The number of nitrogens with zero attached hydrogens (tertiary/aromatic N) is 1. The van der Waals surface area contributed by atoms with Crippen LogP contribution in [0.15, 0.2) is 0 Å². The van der Waals surface area contributed by atoms with Gasteiger partial charge >= 0.3 is 5.97 Å². The predicted octanol–water partition coefficient (Wildman–Crippen LogP) is 2.31. The normalized spacial score (nSPS) is 12.1. The number of carbonyl (C=O) groups is 1. The summed E-state index contributed by atoms with van der Waals surface area (Å²) in [5.74, 6) is -0.153. The summed E-state index contributed by atoms with van der Waals surface area (Å²) in [4.78, 5) is 20.5. The highest BCUT2D eigenvalue weighted by atomic mass is 16.6. The Kier molecular flexibility index (Phi) is 11.2. The molecule has 0 bridgehead atoms. The summed E-state index contributed by atoms with van der Waals surface area (Å²) in [6.45, 7) is -0.354. The van der Waals surface area contributed by atoms with Crippen LogP contribution in [0.5, 0.6) is 0 Å². The summed E-state index contributed by atoms with van der Waals surface area (Å²) in [6.07, 6.45) is 7.17. The molecule has 1 unspecified atom stereocenters. The minimum absolute atomic E-state index is 0.153. The van der Waals surface area contributed by atoms with Gasteiger partial charge in [-0.05, 0) is 12.8 Å². The molecule has 1 atom stereocenters. The molecule has 0 fully saturated rings. The van der Waals surface area contributed by atoms with Gasteiger partial charge in [-0.3, -0.25) is 14.9 Å². The van der Waals surface area contributed by atoms with Gasteiger partial charge < -0.3 is 9.84 Å². The largest absolute Gasteiger partial charge is 0.469 e. The van der Waals surface area contributed by atoms with Crippen molar-refractivity contribution >= 4 is 5.97 Å². The zero-order chi connectivity index (χ0) is 14.5. The molecule has 0 heterocycles. The molecule has 112 valence electrons. The number of carbonyl (C=O) groups excluding carboxylic acids is 1. The zero-order valence-corrected chi connectivity index (χ0v) is 11.7. The lowest BCUT2D eigenvalue weighted by Crippen LogP contribution is -2.18. The number of ether oxygens (including phenoxy) is 1.